The van der Waals surface area contributed by atoms with E-state index in [0.29, 0.717) is 0 Å². The molecular formula is C8H17NO. The van der Waals surface area contributed by atoms with Crippen LogP contribution in [0.1, 0.15) is 13.3 Å². The van der Waals surface area contributed by atoms with Crippen molar-refractivity contribution in [1.29, 1.82) is 0 Å². The summed E-state index contributed by atoms with van der Waals surface area (Å²) in [7, 11) is 3.68. The van der Waals surface area contributed by atoms with Crippen molar-refractivity contribution in [2.45, 2.75) is 19.4 Å². The number of rotatable bonds is 5. The Morgan fingerprint density at radius 3 is 2.70 bits per heavy atom. The quantitative estimate of drug-likeness (QED) is 0.584. The van der Waals surface area contributed by atoms with Crippen LogP contribution in [0, 0.1) is 0 Å². The number of nitrogens with one attached hydrogen (secondary N) is 1. The molecule has 0 saturated carbocycles. The first-order chi connectivity index (χ1) is 4.85. The molecule has 0 bridgehead atoms. The van der Waals surface area contributed by atoms with Gasteiger partial charge in [-0.05, 0) is 26.9 Å². The molecule has 1 atom stereocenters. The van der Waals surface area contributed by atoms with Crippen LogP contribution in [-0.2, 0) is 4.74 Å². The Bertz CT molecular complexity index is 91.3. The standard InChI is InChI=1S/C8H17NO/c1-4-5-8(10-3)6-7-9-2/h4-5,8-9H,6-7H2,1-3H3/b5-4-. The molecule has 0 aliphatic rings. The second-order valence-corrected chi connectivity index (χ2v) is 2.19. The Labute approximate surface area is 63.3 Å². The molecule has 2 nitrogen and oxygen atoms in total. The molecule has 0 saturated heterocycles. The molecule has 0 rings (SSSR count). The normalized spacial score (nSPS) is 14.3. The fourth-order valence-corrected chi connectivity index (χ4v) is 0.794. The third-order valence-electron chi connectivity index (χ3n) is 1.39. The second-order valence-electron chi connectivity index (χ2n) is 2.19. The van der Waals surface area contributed by atoms with Crippen molar-refractivity contribution in [1.82, 2.24) is 5.32 Å². The molecule has 0 amide bonds. The zero-order valence-corrected chi connectivity index (χ0v) is 7.05. The first-order valence-electron chi connectivity index (χ1n) is 3.65. The Morgan fingerprint density at radius 2 is 2.30 bits per heavy atom. The highest BCUT2D eigenvalue weighted by Gasteiger charge is 1.98. The summed E-state index contributed by atoms with van der Waals surface area (Å²) in [6.07, 6.45) is 5.40. The highest BCUT2D eigenvalue weighted by atomic mass is 16.5. The van der Waals surface area contributed by atoms with E-state index >= 15 is 0 Å². The highest BCUT2D eigenvalue weighted by Crippen LogP contribution is 1.96. The zero-order valence-electron chi connectivity index (χ0n) is 7.05. The third kappa shape index (κ3) is 4.53. The van der Waals surface area contributed by atoms with Crippen molar-refractivity contribution in [2.75, 3.05) is 20.7 Å². The lowest BCUT2D eigenvalue weighted by atomic mass is 10.2. The number of methoxy groups -OCH3 is 1. The van der Waals surface area contributed by atoms with Crippen LogP contribution in [0.4, 0.5) is 0 Å². The van der Waals surface area contributed by atoms with Crippen molar-refractivity contribution in [2.24, 2.45) is 0 Å². The summed E-state index contributed by atoms with van der Waals surface area (Å²) < 4.78 is 5.17. The summed E-state index contributed by atoms with van der Waals surface area (Å²) in [6.45, 7) is 3.01. The maximum atomic E-state index is 5.17. The van der Waals surface area contributed by atoms with E-state index in [1.807, 2.05) is 20.0 Å². The van der Waals surface area contributed by atoms with E-state index in [1.54, 1.807) is 7.11 Å². The van der Waals surface area contributed by atoms with Crippen LogP contribution in [0.5, 0.6) is 0 Å². The SMILES string of the molecule is C/C=C\C(CCNC)OC. The number of hydrogen-bond acceptors (Lipinski definition) is 2. The molecule has 0 radical (unpaired) electrons. The largest absolute Gasteiger partial charge is 0.377 e. The van der Waals surface area contributed by atoms with Crippen LogP contribution in [0.25, 0.3) is 0 Å². The topological polar surface area (TPSA) is 21.3 Å². The van der Waals surface area contributed by atoms with E-state index in [2.05, 4.69) is 11.4 Å². The fraction of sp³-hybridized carbons (Fsp3) is 0.750. The molecule has 0 aromatic rings. The van der Waals surface area contributed by atoms with Gasteiger partial charge < -0.3 is 10.1 Å². The molecule has 2 heteroatoms. The lowest BCUT2D eigenvalue weighted by Crippen LogP contribution is -2.16. The number of allylic oxidation sites excluding steroid dienone is 1. The van der Waals surface area contributed by atoms with Crippen LogP contribution in [0.3, 0.4) is 0 Å². The van der Waals surface area contributed by atoms with Crippen molar-refractivity contribution in [3.05, 3.63) is 12.2 Å². The molecule has 0 aromatic carbocycles. The summed E-state index contributed by atoms with van der Waals surface area (Å²) in [5.41, 5.74) is 0. The monoisotopic (exact) mass is 143 g/mol. The van der Waals surface area contributed by atoms with Crippen LogP contribution in [0.2, 0.25) is 0 Å². The number of ether oxygens (including phenoxy) is 1. The van der Waals surface area contributed by atoms with E-state index in [1.165, 1.54) is 0 Å². The van der Waals surface area contributed by atoms with Gasteiger partial charge in [0, 0.05) is 7.11 Å². The smallest absolute Gasteiger partial charge is 0.0764 e. The van der Waals surface area contributed by atoms with Crippen molar-refractivity contribution >= 4 is 0 Å². The Balaban J connectivity index is 3.39. The Kier molecular flexibility index (Phi) is 6.55. The van der Waals surface area contributed by atoms with Gasteiger partial charge >= 0.3 is 0 Å². The molecule has 0 aliphatic heterocycles. The van der Waals surface area contributed by atoms with Gasteiger partial charge in [0.25, 0.3) is 0 Å². The van der Waals surface area contributed by atoms with Gasteiger partial charge in [0.1, 0.15) is 0 Å². The minimum absolute atomic E-state index is 0.275. The minimum Gasteiger partial charge on any atom is -0.377 e. The molecule has 10 heavy (non-hydrogen) atoms. The molecule has 0 fully saturated rings. The predicted octanol–water partition coefficient (Wildman–Crippen LogP) is 1.19. The van der Waals surface area contributed by atoms with Crippen LogP contribution >= 0.6 is 0 Å². The van der Waals surface area contributed by atoms with Gasteiger partial charge in [-0.3, -0.25) is 0 Å². The van der Waals surface area contributed by atoms with Crippen molar-refractivity contribution in [3.8, 4) is 0 Å². The molecule has 60 valence electrons. The van der Waals surface area contributed by atoms with Gasteiger partial charge in [-0.1, -0.05) is 12.2 Å². The van der Waals surface area contributed by atoms with E-state index in [0.717, 1.165) is 13.0 Å². The van der Waals surface area contributed by atoms with Crippen LogP contribution < -0.4 is 5.32 Å². The summed E-state index contributed by atoms with van der Waals surface area (Å²) in [4.78, 5) is 0. The third-order valence-corrected chi connectivity index (χ3v) is 1.39. The van der Waals surface area contributed by atoms with E-state index in [-0.39, 0.29) is 6.10 Å². The number of hydrogen-bond donors (Lipinski definition) is 1. The van der Waals surface area contributed by atoms with Crippen LogP contribution in [-0.4, -0.2) is 26.8 Å². The van der Waals surface area contributed by atoms with Crippen molar-refractivity contribution in [3.63, 3.8) is 0 Å². The Hall–Kier alpha value is -0.340. The highest BCUT2D eigenvalue weighted by molar-refractivity contribution is 4.86. The first-order valence-corrected chi connectivity index (χ1v) is 3.65. The molecule has 0 spiro atoms. The maximum absolute atomic E-state index is 5.17. The summed E-state index contributed by atoms with van der Waals surface area (Å²) in [5.74, 6) is 0. The van der Waals surface area contributed by atoms with Gasteiger partial charge in [0.05, 0.1) is 6.10 Å². The Morgan fingerprint density at radius 1 is 1.60 bits per heavy atom. The molecule has 0 aromatic heterocycles. The summed E-state index contributed by atoms with van der Waals surface area (Å²) in [6, 6.07) is 0. The van der Waals surface area contributed by atoms with Gasteiger partial charge in [-0.2, -0.15) is 0 Å². The minimum atomic E-state index is 0.275. The molecule has 0 aliphatic carbocycles. The molecule has 1 unspecified atom stereocenters. The summed E-state index contributed by atoms with van der Waals surface area (Å²) >= 11 is 0. The average molecular weight is 143 g/mol. The van der Waals surface area contributed by atoms with E-state index in [4.69, 9.17) is 4.74 Å². The molecule has 1 N–H and O–H groups in total. The lowest BCUT2D eigenvalue weighted by molar-refractivity contribution is 0.134. The average Bonchev–Trinajstić information content (AvgIpc) is 1.98. The summed E-state index contributed by atoms with van der Waals surface area (Å²) in [5, 5.41) is 3.08. The van der Waals surface area contributed by atoms with Gasteiger partial charge in [0.15, 0.2) is 0 Å². The van der Waals surface area contributed by atoms with E-state index < -0.39 is 0 Å². The predicted molar refractivity (Wildman–Crippen MR) is 44.2 cm³/mol. The van der Waals surface area contributed by atoms with Gasteiger partial charge in [0.2, 0.25) is 0 Å². The van der Waals surface area contributed by atoms with Crippen molar-refractivity contribution < 1.29 is 4.74 Å². The maximum Gasteiger partial charge on any atom is 0.0764 e. The second kappa shape index (κ2) is 6.78. The van der Waals surface area contributed by atoms with Gasteiger partial charge in [-0.25, -0.2) is 0 Å². The molecule has 0 heterocycles. The lowest BCUT2D eigenvalue weighted by Gasteiger charge is -2.08. The van der Waals surface area contributed by atoms with E-state index in [9.17, 15) is 0 Å². The van der Waals surface area contributed by atoms with Gasteiger partial charge in [-0.15, -0.1) is 0 Å². The van der Waals surface area contributed by atoms with Crippen LogP contribution in [0.15, 0.2) is 12.2 Å². The first kappa shape index (κ1) is 9.66. The molecular weight excluding hydrogens is 126 g/mol. The zero-order chi connectivity index (χ0) is 7.82. The fourth-order valence-electron chi connectivity index (χ4n) is 0.794.